The van der Waals surface area contributed by atoms with Crippen molar-refractivity contribution < 1.29 is 9.72 Å². The topological polar surface area (TPSA) is 116 Å². The van der Waals surface area contributed by atoms with E-state index < -0.39 is 10.8 Å². The van der Waals surface area contributed by atoms with Crippen LogP contribution in [0.3, 0.4) is 0 Å². The van der Waals surface area contributed by atoms with Gasteiger partial charge in [0, 0.05) is 16.7 Å². The quantitative estimate of drug-likeness (QED) is 0.543. The van der Waals surface area contributed by atoms with E-state index in [9.17, 15) is 14.9 Å². The van der Waals surface area contributed by atoms with Gasteiger partial charge >= 0.3 is 0 Å². The molecule has 1 aromatic heterocycles. The summed E-state index contributed by atoms with van der Waals surface area (Å²) in [6, 6.07) is 11.4. The van der Waals surface area contributed by atoms with Crippen LogP contribution in [0.25, 0.3) is 11.4 Å². The van der Waals surface area contributed by atoms with E-state index in [1.165, 1.54) is 16.8 Å². The van der Waals surface area contributed by atoms with Crippen molar-refractivity contribution >= 4 is 28.9 Å². The zero-order chi connectivity index (χ0) is 18.7. The zero-order valence-electron chi connectivity index (χ0n) is 13.6. The summed E-state index contributed by atoms with van der Waals surface area (Å²) in [5.41, 5.74) is 1.39. The predicted molar refractivity (Wildman–Crippen MR) is 94.7 cm³/mol. The van der Waals surface area contributed by atoms with E-state index >= 15 is 0 Å². The molecule has 0 aliphatic rings. The second kappa shape index (κ2) is 7.28. The molecule has 0 fully saturated rings. The van der Waals surface area contributed by atoms with E-state index in [1.54, 1.807) is 37.3 Å². The Labute approximate surface area is 152 Å². The minimum absolute atomic E-state index is 0.0629. The molecule has 2 aromatic carbocycles. The van der Waals surface area contributed by atoms with E-state index in [0.29, 0.717) is 27.7 Å². The Hall–Kier alpha value is -3.33. The van der Waals surface area contributed by atoms with Crippen LogP contribution < -0.4 is 5.32 Å². The highest BCUT2D eigenvalue weighted by Crippen LogP contribution is 2.25. The van der Waals surface area contributed by atoms with Gasteiger partial charge in [-0.1, -0.05) is 17.7 Å². The lowest BCUT2D eigenvalue weighted by atomic mass is 10.1. The van der Waals surface area contributed by atoms with Gasteiger partial charge in [0.25, 0.3) is 5.69 Å². The number of nitrogens with one attached hydrogen (secondary N) is 1. The molecule has 0 bridgehead atoms. The van der Waals surface area contributed by atoms with Crippen molar-refractivity contribution in [1.29, 1.82) is 0 Å². The van der Waals surface area contributed by atoms with Crippen LogP contribution in [-0.4, -0.2) is 31.0 Å². The van der Waals surface area contributed by atoms with Gasteiger partial charge in [-0.15, -0.1) is 5.10 Å². The molecule has 10 heteroatoms. The lowest BCUT2D eigenvalue weighted by molar-refractivity contribution is -0.385. The third-order valence-corrected chi connectivity index (χ3v) is 3.96. The molecule has 0 saturated carbocycles. The van der Waals surface area contributed by atoms with Gasteiger partial charge in [-0.25, -0.2) is 4.68 Å². The molecule has 1 amide bonds. The fraction of sp³-hybridized carbons (Fsp3) is 0.125. The molecule has 3 aromatic rings. The maximum Gasteiger partial charge on any atom is 0.274 e. The molecule has 0 aliphatic carbocycles. The standard InChI is InChI=1S/C16H13ClN6O3/c1-10-13(3-2-4-14(10)23(25)26)18-15(24)9-22-16(19-20-21-22)11-5-7-12(17)8-6-11/h2-8H,9H2,1H3,(H,18,24). The Kier molecular flexibility index (Phi) is 4.90. The first-order chi connectivity index (χ1) is 12.5. The van der Waals surface area contributed by atoms with Crippen molar-refractivity contribution in [3.05, 3.63) is 63.2 Å². The first kappa shape index (κ1) is 17.5. The number of carbonyl (C=O) groups is 1. The number of tetrazole rings is 1. The van der Waals surface area contributed by atoms with Crippen LogP contribution in [-0.2, 0) is 11.3 Å². The molecular formula is C16H13ClN6O3. The molecule has 132 valence electrons. The number of anilines is 1. The molecule has 1 N–H and O–H groups in total. The van der Waals surface area contributed by atoms with Crippen LogP contribution in [0.15, 0.2) is 42.5 Å². The fourth-order valence-electron chi connectivity index (χ4n) is 2.40. The first-order valence-corrected chi connectivity index (χ1v) is 7.89. The number of nitro benzene ring substituents is 1. The fourth-order valence-corrected chi connectivity index (χ4v) is 2.53. The van der Waals surface area contributed by atoms with Gasteiger partial charge < -0.3 is 5.32 Å². The van der Waals surface area contributed by atoms with Gasteiger partial charge in [0.1, 0.15) is 6.54 Å². The number of carbonyl (C=O) groups excluding carboxylic acids is 1. The molecule has 1 heterocycles. The molecule has 0 unspecified atom stereocenters. The number of nitrogens with zero attached hydrogens (tertiary/aromatic N) is 5. The molecule has 26 heavy (non-hydrogen) atoms. The lowest BCUT2D eigenvalue weighted by Gasteiger charge is -2.09. The summed E-state index contributed by atoms with van der Waals surface area (Å²) >= 11 is 5.87. The van der Waals surface area contributed by atoms with E-state index in [4.69, 9.17) is 11.6 Å². The molecule has 0 radical (unpaired) electrons. The van der Waals surface area contributed by atoms with Crippen LogP contribution >= 0.6 is 11.6 Å². The number of rotatable bonds is 5. The highest BCUT2D eigenvalue weighted by Gasteiger charge is 2.17. The zero-order valence-corrected chi connectivity index (χ0v) is 14.3. The number of amides is 1. The summed E-state index contributed by atoms with van der Waals surface area (Å²) in [5, 5.41) is 25.6. The molecule has 3 rings (SSSR count). The lowest BCUT2D eigenvalue weighted by Crippen LogP contribution is -2.21. The summed E-state index contributed by atoms with van der Waals surface area (Å²) in [6.45, 7) is 1.43. The SMILES string of the molecule is Cc1c(NC(=O)Cn2nnnc2-c2ccc(Cl)cc2)cccc1[N+](=O)[O-]. The Morgan fingerprint density at radius 1 is 1.27 bits per heavy atom. The average molecular weight is 373 g/mol. The summed E-state index contributed by atoms with van der Waals surface area (Å²) in [7, 11) is 0. The Morgan fingerprint density at radius 3 is 2.69 bits per heavy atom. The second-order valence-electron chi connectivity index (χ2n) is 5.42. The first-order valence-electron chi connectivity index (χ1n) is 7.51. The average Bonchev–Trinajstić information content (AvgIpc) is 3.05. The van der Waals surface area contributed by atoms with Gasteiger partial charge in [0.05, 0.1) is 16.2 Å². The third-order valence-electron chi connectivity index (χ3n) is 3.70. The van der Waals surface area contributed by atoms with Crippen molar-refractivity contribution in [2.75, 3.05) is 5.32 Å². The van der Waals surface area contributed by atoms with Crippen LogP contribution in [0.4, 0.5) is 11.4 Å². The van der Waals surface area contributed by atoms with E-state index in [-0.39, 0.29) is 12.2 Å². The van der Waals surface area contributed by atoms with E-state index in [0.717, 1.165) is 0 Å². The molecular weight excluding hydrogens is 360 g/mol. The number of hydrogen-bond acceptors (Lipinski definition) is 6. The number of aromatic nitrogens is 4. The van der Waals surface area contributed by atoms with Crippen LogP contribution in [0.1, 0.15) is 5.56 Å². The minimum Gasteiger partial charge on any atom is -0.324 e. The number of benzene rings is 2. The predicted octanol–water partition coefficient (Wildman–Crippen LogP) is 2.85. The van der Waals surface area contributed by atoms with Gasteiger partial charge in [0.2, 0.25) is 5.91 Å². The maximum atomic E-state index is 12.3. The number of halogens is 1. The largest absolute Gasteiger partial charge is 0.324 e. The van der Waals surface area contributed by atoms with Crippen molar-refractivity contribution in [2.24, 2.45) is 0 Å². The number of nitro groups is 1. The second-order valence-corrected chi connectivity index (χ2v) is 5.86. The van der Waals surface area contributed by atoms with Gasteiger partial charge in [-0.2, -0.15) is 0 Å². The Balaban J connectivity index is 1.78. The highest BCUT2D eigenvalue weighted by molar-refractivity contribution is 6.30. The minimum atomic E-state index is -0.495. The normalized spacial score (nSPS) is 10.5. The van der Waals surface area contributed by atoms with Crippen LogP contribution in [0.2, 0.25) is 5.02 Å². The van der Waals surface area contributed by atoms with Gasteiger partial charge in [-0.3, -0.25) is 14.9 Å². The van der Waals surface area contributed by atoms with Crippen molar-refractivity contribution in [1.82, 2.24) is 20.2 Å². The molecule has 0 spiro atoms. The van der Waals surface area contributed by atoms with E-state index in [2.05, 4.69) is 20.8 Å². The van der Waals surface area contributed by atoms with Crippen LogP contribution in [0.5, 0.6) is 0 Å². The monoisotopic (exact) mass is 372 g/mol. The Morgan fingerprint density at radius 2 is 2.00 bits per heavy atom. The third kappa shape index (κ3) is 3.67. The summed E-state index contributed by atoms with van der Waals surface area (Å²) in [4.78, 5) is 22.8. The molecule has 0 aliphatic heterocycles. The van der Waals surface area contributed by atoms with Crippen LogP contribution in [0, 0.1) is 17.0 Å². The van der Waals surface area contributed by atoms with Gasteiger partial charge in [0.15, 0.2) is 5.82 Å². The van der Waals surface area contributed by atoms with E-state index in [1.807, 2.05) is 0 Å². The van der Waals surface area contributed by atoms with Crippen molar-refractivity contribution in [2.45, 2.75) is 13.5 Å². The molecule has 9 nitrogen and oxygen atoms in total. The summed E-state index contributed by atoms with van der Waals surface area (Å²) < 4.78 is 1.34. The molecule has 0 atom stereocenters. The van der Waals surface area contributed by atoms with Crippen molar-refractivity contribution in [3.63, 3.8) is 0 Å². The highest BCUT2D eigenvalue weighted by atomic mass is 35.5. The van der Waals surface area contributed by atoms with Gasteiger partial charge in [-0.05, 0) is 47.7 Å². The Bertz CT molecular complexity index is 970. The smallest absolute Gasteiger partial charge is 0.274 e. The molecule has 0 saturated heterocycles. The maximum absolute atomic E-state index is 12.3. The van der Waals surface area contributed by atoms with Crippen molar-refractivity contribution in [3.8, 4) is 11.4 Å². The summed E-state index contributed by atoms with van der Waals surface area (Å²) in [6.07, 6.45) is 0. The summed E-state index contributed by atoms with van der Waals surface area (Å²) in [5.74, 6) is 0.00342. The number of hydrogen-bond donors (Lipinski definition) is 1.